The van der Waals surface area contributed by atoms with Gasteiger partial charge < -0.3 is 4.90 Å². The molecule has 2 aromatic rings. The first kappa shape index (κ1) is 18.8. The van der Waals surface area contributed by atoms with Crippen LogP contribution < -0.4 is 0 Å². The van der Waals surface area contributed by atoms with Crippen molar-refractivity contribution in [1.82, 2.24) is 24.6 Å². The number of hydrogen-bond acceptors (Lipinski definition) is 5. The monoisotopic (exact) mass is 397 g/mol. The third-order valence-electron chi connectivity index (χ3n) is 4.47. The number of rotatable bonds is 3. The largest absolute Gasteiger partial charge is 0.334 e. The van der Waals surface area contributed by atoms with E-state index in [1.165, 1.54) is 16.6 Å². The Morgan fingerprint density at radius 3 is 2.65 bits per heavy atom. The Labute approximate surface area is 157 Å². The quantitative estimate of drug-likeness (QED) is 0.849. The van der Waals surface area contributed by atoms with Crippen molar-refractivity contribution in [2.24, 2.45) is 0 Å². The lowest BCUT2D eigenvalue weighted by atomic mass is 10.0. The second-order valence-electron chi connectivity index (χ2n) is 6.88. The zero-order valence-corrected chi connectivity index (χ0v) is 16.3. The molecule has 0 saturated carbocycles. The molecular formula is C16H20ClN5O3S. The Morgan fingerprint density at radius 2 is 2.04 bits per heavy atom. The molecule has 1 aromatic heterocycles. The summed E-state index contributed by atoms with van der Waals surface area (Å²) in [4.78, 5) is 14.3. The van der Waals surface area contributed by atoms with E-state index in [1.54, 1.807) is 37.8 Å². The van der Waals surface area contributed by atoms with Crippen LogP contribution in [-0.4, -0.2) is 64.1 Å². The van der Waals surface area contributed by atoms with Gasteiger partial charge in [-0.05, 0) is 38.5 Å². The number of hydrogen-bond donors (Lipinski definition) is 1. The van der Waals surface area contributed by atoms with E-state index in [2.05, 4.69) is 15.4 Å². The Balaban J connectivity index is 1.88. The highest BCUT2D eigenvalue weighted by molar-refractivity contribution is 7.89. The number of carbonyl (C=O) groups is 1. The van der Waals surface area contributed by atoms with E-state index in [0.717, 1.165) is 0 Å². The fraction of sp³-hybridized carbons (Fsp3) is 0.438. The zero-order chi connectivity index (χ0) is 19.1. The molecule has 1 aliphatic rings. The van der Waals surface area contributed by atoms with Crippen molar-refractivity contribution in [3.8, 4) is 0 Å². The van der Waals surface area contributed by atoms with Gasteiger partial charge in [0.15, 0.2) is 5.69 Å². The highest BCUT2D eigenvalue weighted by Crippen LogP contribution is 2.31. The minimum absolute atomic E-state index is 0.185. The van der Waals surface area contributed by atoms with E-state index >= 15 is 0 Å². The molecule has 26 heavy (non-hydrogen) atoms. The van der Waals surface area contributed by atoms with Crippen LogP contribution in [0.25, 0.3) is 0 Å². The first-order chi connectivity index (χ1) is 12.1. The van der Waals surface area contributed by atoms with Crippen LogP contribution in [-0.2, 0) is 10.0 Å². The maximum Gasteiger partial charge on any atom is 0.276 e. The summed E-state index contributed by atoms with van der Waals surface area (Å²) in [5.41, 5.74) is 0.0553. The van der Waals surface area contributed by atoms with Crippen molar-refractivity contribution < 1.29 is 13.2 Å². The number of H-pyrrole nitrogens is 1. The molecule has 0 aliphatic carbocycles. The molecule has 3 rings (SSSR count). The van der Waals surface area contributed by atoms with Crippen LogP contribution in [0.15, 0.2) is 29.3 Å². The van der Waals surface area contributed by atoms with Crippen molar-refractivity contribution in [2.75, 3.05) is 19.6 Å². The number of aromatic amines is 1. The van der Waals surface area contributed by atoms with Gasteiger partial charge in [-0.2, -0.15) is 19.7 Å². The Kier molecular flexibility index (Phi) is 4.80. The standard InChI is InChI=1S/C16H20ClN5O3S/c1-11-4-5-12(17)8-14(11)26(24,25)22-7-6-21(10-16(22,2)3)15(23)13-9-18-20-19-13/h4-5,8-9H,6-7,10H2,1-3H3,(H,18,19,20). The van der Waals surface area contributed by atoms with Crippen molar-refractivity contribution >= 4 is 27.5 Å². The molecule has 1 N–H and O–H groups in total. The third kappa shape index (κ3) is 3.34. The SMILES string of the molecule is Cc1ccc(Cl)cc1S(=O)(=O)N1CCN(C(=O)c2cn[nH]n2)CC1(C)C. The summed E-state index contributed by atoms with van der Waals surface area (Å²) in [5, 5.41) is 10.2. The summed E-state index contributed by atoms with van der Waals surface area (Å²) in [6, 6.07) is 4.82. The van der Waals surface area contributed by atoms with E-state index in [-0.39, 0.29) is 36.1 Å². The molecule has 1 amide bonds. The van der Waals surface area contributed by atoms with Gasteiger partial charge in [0.05, 0.1) is 11.1 Å². The van der Waals surface area contributed by atoms with Gasteiger partial charge in [0.1, 0.15) is 0 Å². The van der Waals surface area contributed by atoms with Crippen molar-refractivity contribution in [2.45, 2.75) is 31.2 Å². The number of piperazine rings is 1. The molecule has 10 heteroatoms. The molecular weight excluding hydrogens is 378 g/mol. The van der Waals surface area contributed by atoms with Crippen LogP contribution >= 0.6 is 11.6 Å². The lowest BCUT2D eigenvalue weighted by molar-refractivity contribution is 0.0489. The fourth-order valence-electron chi connectivity index (χ4n) is 3.20. The molecule has 0 radical (unpaired) electrons. The van der Waals surface area contributed by atoms with Gasteiger partial charge in [0.25, 0.3) is 5.91 Å². The molecule has 0 bridgehead atoms. The summed E-state index contributed by atoms with van der Waals surface area (Å²) < 4.78 is 27.9. The van der Waals surface area contributed by atoms with Crippen LogP contribution in [0.2, 0.25) is 5.02 Å². The lowest BCUT2D eigenvalue weighted by Crippen LogP contribution is -2.61. The van der Waals surface area contributed by atoms with E-state index in [4.69, 9.17) is 11.6 Å². The van der Waals surface area contributed by atoms with Gasteiger partial charge in [-0.15, -0.1) is 0 Å². The second-order valence-corrected chi connectivity index (χ2v) is 9.15. The topological polar surface area (TPSA) is 99.3 Å². The highest BCUT2D eigenvalue weighted by Gasteiger charge is 2.43. The molecule has 1 fully saturated rings. The highest BCUT2D eigenvalue weighted by atomic mass is 35.5. The summed E-state index contributed by atoms with van der Waals surface area (Å²) in [5.74, 6) is -0.275. The number of benzene rings is 1. The predicted octanol–water partition coefficient (Wildman–Crippen LogP) is 1.69. The molecule has 0 spiro atoms. The van der Waals surface area contributed by atoms with Crippen molar-refractivity contribution in [3.05, 3.63) is 40.7 Å². The molecule has 1 saturated heterocycles. The van der Waals surface area contributed by atoms with Gasteiger partial charge in [-0.1, -0.05) is 17.7 Å². The van der Waals surface area contributed by atoms with E-state index in [1.807, 2.05) is 0 Å². The van der Waals surface area contributed by atoms with E-state index < -0.39 is 15.6 Å². The number of amides is 1. The van der Waals surface area contributed by atoms with Crippen molar-refractivity contribution in [1.29, 1.82) is 0 Å². The summed E-state index contributed by atoms with van der Waals surface area (Å²) in [7, 11) is -3.75. The average molecular weight is 398 g/mol. The smallest absolute Gasteiger partial charge is 0.276 e. The second kappa shape index (κ2) is 6.64. The fourth-order valence-corrected chi connectivity index (χ4v) is 5.45. The molecule has 8 nitrogen and oxygen atoms in total. The molecule has 1 aromatic carbocycles. The minimum atomic E-state index is -3.75. The Hall–Kier alpha value is -1.97. The van der Waals surface area contributed by atoms with E-state index in [9.17, 15) is 13.2 Å². The van der Waals surface area contributed by atoms with Gasteiger partial charge in [-0.3, -0.25) is 4.79 Å². The van der Waals surface area contributed by atoms with Gasteiger partial charge in [-0.25, -0.2) is 8.42 Å². The summed E-state index contributed by atoms with van der Waals surface area (Å²) in [6.07, 6.45) is 1.35. The Bertz CT molecular complexity index is 927. The lowest BCUT2D eigenvalue weighted by Gasteiger charge is -2.45. The van der Waals surface area contributed by atoms with Gasteiger partial charge in [0, 0.05) is 30.2 Å². The Morgan fingerprint density at radius 1 is 1.31 bits per heavy atom. The normalized spacial score (nSPS) is 18.1. The molecule has 2 heterocycles. The van der Waals surface area contributed by atoms with Crippen LogP contribution in [0, 0.1) is 6.92 Å². The number of sulfonamides is 1. The molecule has 0 atom stereocenters. The number of halogens is 1. The number of aryl methyl sites for hydroxylation is 1. The number of aromatic nitrogens is 3. The summed E-state index contributed by atoms with van der Waals surface area (Å²) in [6.45, 7) is 6.04. The summed E-state index contributed by atoms with van der Waals surface area (Å²) >= 11 is 6.00. The predicted molar refractivity (Wildman–Crippen MR) is 96.4 cm³/mol. The van der Waals surface area contributed by atoms with Crippen LogP contribution in [0.4, 0.5) is 0 Å². The average Bonchev–Trinajstić information content (AvgIpc) is 3.09. The minimum Gasteiger partial charge on any atom is -0.334 e. The molecule has 1 aliphatic heterocycles. The first-order valence-electron chi connectivity index (χ1n) is 8.07. The zero-order valence-electron chi connectivity index (χ0n) is 14.7. The third-order valence-corrected chi connectivity index (χ3v) is 6.95. The number of nitrogens with zero attached hydrogens (tertiary/aromatic N) is 4. The van der Waals surface area contributed by atoms with Gasteiger partial charge >= 0.3 is 0 Å². The molecule has 140 valence electrons. The molecule has 0 unspecified atom stereocenters. The van der Waals surface area contributed by atoms with E-state index in [0.29, 0.717) is 10.6 Å². The number of carbonyl (C=O) groups excluding carboxylic acids is 1. The van der Waals surface area contributed by atoms with Crippen LogP contribution in [0.1, 0.15) is 29.9 Å². The number of nitrogens with one attached hydrogen (secondary N) is 1. The maximum absolute atomic E-state index is 13.2. The maximum atomic E-state index is 13.2. The van der Waals surface area contributed by atoms with Crippen LogP contribution in [0.5, 0.6) is 0 Å². The van der Waals surface area contributed by atoms with Crippen molar-refractivity contribution in [3.63, 3.8) is 0 Å². The first-order valence-corrected chi connectivity index (χ1v) is 9.89. The van der Waals surface area contributed by atoms with Gasteiger partial charge in [0.2, 0.25) is 10.0 Å². The van der Waals surface area contributed by atoms with Crippen LogP contribution in [0.3, 0.4) is 0 Å².